The highest BCUT2D eigenvalue weighted by Gasteiger charge is 2.10. The topological polar surface area (TPSA) is 73.9 Å². The van der Waals surface area contributed by atoms with E-state index in [0.717, 1.165) is 5.56 Å². The minimum Gasteiger partial charge on any atom is -0.464 e. The molecule has 0 atom stereocenters. The molecule has 1 aromatic carbocycles. The highest BCUT2D eigenvalue weighted by atomic mass is 16.8. The average molecular weight is 251 g/mol. The standard InChI is InChI=1S/C12H13NO5/c1-9(11(14)16-2)13-18-12(15)17-8-10-6-4-3-5-7-10/h3-7,13H,1,8H2,2H3. The zero-order valence-electron chi connectivity index (χ0n) is 9.84. The SMILES string of the molecule is C=C(NOC(=O)OCc1ccccc1)C(=O)OC. The molecule has 1 aromatic rings. The van der Waals surface area contributed by atoms with Gasteiger partial charge in [-0.15, -0.1) is 0 Å². The van der Waals surface area contributed by atoms with E-state index in [2.05, 4.69) is 16.2 Å². The molecule has 0 amide bonds. The van der Waals surface area contributed by atoms with E-state index in [1.807, 2.05) is 23.7 Å². The van der Waals surface area contributed by atoms with E-state index in [9.17, 15) is 9.59 Å². The fraction of sp³-hybridized carbons (Fsp3) is 0.167. The third-order valence-corrected chi connectivity index (χ3v) is 1.89. The Bertz CT molecular complexity index is 429. The van der Waals surface area contributed by atoms with Gasteiger partial charge in [0.1, 0.15) is 12.3 Å². The van der Waals surface area contributed by atoms with Crippen LogP contribution in [0.15, 0.2) is 42.6 Å². The summed E-state index contributed by atoms with van der Waals surface area (Å²) in [7, 11) is 1.18. The summed E-state index contributed by atoms with van der Waals surface area (Å²) in [4.78, 5) is 26.5. The summed E-state index contributed by atoms with van der Waals surface area (Å²) >= 11 is 0. The molecule has 0 aliphatic carbocycles. The number of nitrogens with one attached hydrogen (secondary N) is 1. The zero-order chi connectivity index (χ0) is 13.4. The molecule has 0 aliphatic heterocycles. The molecule has 18 heavy (non-hydrogen) atoms. The van der Waals surface area contributed by atoms with E-state index in [0.29, 0.717) is 0 Å². The van der Waals surface area contributed by atoms with Crippen LogP contribution in [-0.4, -0.2) is 19.2 Å². The zero-order valence-corrected chi connectivity index (χ0v) is 9.84. The molecular formula is C12H13NO5. The average Bonchev–Trinajstić information content (AvgIpc) is 2.42. The van der Waals surface area contributed by atoms with Crippen molar-refractivity contribution in [3.63, 3.8) is 0 Å². The molecule has 0 spiro atoms. The number of rotatable bonds is 5. The minimum atomic E-state index is -0.969. The summed E-state index contributed by atoms with van der Waals surface area (Å²) < 4.78 is 9.12. The van der Waals surface area contributed by atoms with E-state index < -0.39 is 12.1 Å². The summed E-state index contributed by atoms with van der Waals surface area (Å²) in [5.41, 5.74) is 2.65. The number of hydroxylamine groups is 1. The highest BCUT2D eigenvalue weighted by Crippen LogP contribution is 2.01. The Hall–Kier alpha value is -2.50. The van der Waals surface area contributed by atoms with Crippen molar-refractivity contribution in [3.05, 3.63) is 48.2 Å². The largest absolute Gasteiger partial charge is 0.533 e. The van der Waals surface area contributed by atoms with Crippen LogP contribution in [0.3, 0.4) is 0 Å². The van der Waals surface area contributed by atoms with Crippen LogP contribution in [0.5, 0.6) is 0 Å². The van der Waals surface area contributed by atoms with Crippen LogP contribution in [0, 0.1) is 0 Å². The summed E-state index contributed by atoms with van der Waals surface area (Å²) in [6, 6.07) is 9.09. The van der Waals surface area contributed by atoms with Gasteiger partial charge in [0, 0.05) is 0 Å². The fourth-order valence-corrected chi connectivity index (χ4v) is 1.01. The Kier molecular flexibility index (Phi) is 5.24. The van der Waals surface area contributed by atoms with Crippen molar-refractivity contribution in [2.24, 2.45) is 0 Å². The second-order valence-electron chi connectivity index (χ2n) is 3.20. The molecule has 0 aromatic heterocycles. The van der Waals surface area contributed by atoms with Crippen LogP contribution in [0.1, 0.15) is 5.56 Å². The van der Waals surface area contributed by atoms with Gasteiger partial charge in [0.25, 0.3) is 0 Å². The molecule has 0 fully saturated rings. The molecule has 0 aliphatic rings. The minimum absolute atomic E-state index is 0.0755. The molecule has 0 saturated carbocycles. The molecule has 1 N–H and O–H groups in total. The summed E-state index contributed by atoms with van der Waals surface area (Å²) in [5.74, 6) is -0.731. The predicted molar refractivity (Wildman–Crippen MR) is 62.0 cm³/mol. The number of methoxy groups -OCH3 is 1. The second-order valence-corrected chi connectivity index (χ2v) is 3.20. The van der Waals surface area contributed by atoms with Gasteiger partial charge < -0.3 is 14.3 Å². The van der Waals surface area contributed by atoms with E-state index in [1.165, 1.54) is 7.11 Å². The third kappa shape index (κ3) is 4.56. The van der Waals surface area contributed by atoms with Crippen LogP contribution in [0.4, 0.5) is 4.79 Å². The van der Waals surface area contributed by atoms with Crippen molar-refractivity contribution >= 4 is 12.1 Å². The molecule has 0 heterocycles. The number of esters is 1. The lowest BCUT2D eigenvalue weighted by Gasteiger charge is -2.08. The van der Waals surface area contributed by atoms with Gasteiger partial charge in [0.05, 0.1) is 7.11 Å². The number of hydrogen-bond acceptors (Lipinski definition) is 6. The van der Waals surface area contributed by atoms with Crippen molar-refractivity contribution in [1.82, 2.24) is 5.48 Å². The maximum Gasteiger partial charge on any atom is 0.533 e. The first-order chi connectivity index (χ1) is 8.63. The lowest BCUT2D eigenvalue weighted by atomic mass is 10.2. The van der Waals surface area contributed by atoms with E-state index in [1.54, 1.807) is 12.1 Å². The Balaban J connectivity index is 2.26. The molecule has 0 radical (unpaired) electrons. The lowest BCUT2D eigenvalue weighted by Crippen LogP contribution is -2.24. The number of hydrogen-bond donors (Lipinski definition) is 1. The number of carbonyl (C=O) groups is 2. The van der Waals surface area contributed by atoms with Gasteiger partial charge >= 0.3 is 12.1 Å². The normalized spacial score (nSPS) is 9.17. The molecule has 6 heteroatoms. The summed E-state index contributed by atoms with van der Waals surface area (Å²) in [6.45, 7) is 3.37. The Labute approximate surface area is 104 Å². The summed E-state index contributed by atoms with van der Waals surface area (Å²) in [5, 5.41) is 0. The molecular weight excluding hydrogens is 238 g/mol. The molecule has 0 unspecified atom stereocenters. The molecule has 0 saturated heterocycles. The van der Waals surface area contributed by atoms with E-state index >= 15 is 0 Å². The number of carbonyl (C=O) groups excluding carboxylic acids is 2. The first-order valence-corrected chi connectivity index (χ1v) is 5.04. The van der Waals surface area contributed by atoms with Crippen molar-refractivity contribution in [2.45, 2.75) is 6.61 Å². The van der Waals surface area contributed by atoms with Crippen molar-refractivity contribution in [3.8, 4) is 0 Å². The van der Waals surface area contributed by atoms with Gasteiger partial charge in [0.2, 0.25) is 0 Å². The van der Waals surface area contributed by atoms with Crippen molar-refractivity contribution in [2.75, 3.05) is 7.11 Å². The predicted octanol–water partition coefficient (Wildman–Crippen LogP) is 1.53. The first kappa shape index (κ1) is 13.6. The fourth-order valence-electron chi connectivity index (χ4n) is 1.01. The van der Waals surface area contributed by atoms with Crippen LogP contribution >= 0.6 is 0 Å². The van der Waals surface area contributed by atoms with Crippen LogP contribution in [-0.2, 0) is 25.7 Å². The van der Waals surface area contributed by atoms with Crippen LogP contribution < -0.4 is 5.48 Å². The Morgan fingerprint density at radius 2 is 1.94 bits per heavy atom. The van der Waals surface area contributed by atoms with Gasteiger partial charge in [-0.1, -0.05) is 36.9 Å². The van der Waals surface area contributed by atoms with E-state index in [4.69, 9.17) is 4.74 Å². The molecule has 96 valence electrons. The van der Waals surface area contributed by atoms with Crippen LogP contribution in [0.25, 0.3) is 0 Å². The summed E-state index contributed by atoms with van der Waals surface area (Å²) in [6.07, 6.45) is -0.969. The molecule has 1 rings (SSSR count). The highest BCUT2D eigenvalue weighted by molar-refractivity contribution is 5.86. The van der Waals surface area contributed by atoms with Gasteiger partial charge in [-0.2, -0.15) is 0 Å². The van der Waals surface area contributed by atoms with Gasteiger partial charge in [-0.25, -0.2) is 15.1 Å². The lowest BCUT2D eigenvalue weighted by molar-refractivity contribution is -0.137. The van der Waals surface area contributed by atoms with Gasteiger partial charge in [0.15, 0.2) is 0 Å². The number of benzene rings is 1. The Morgan fingerprint density at radius 3 is 2.56 bits per heavy atom. The van der Waals surface area contributed by atoms with Crippen LogP contribution in [0.2, 0.25) is 0 Å². The van der Waals surface area contributed by atoms with Crippen molar-refractivity contribution in [1.29, 1.82) is 0 Å². The second kappa shape index (κ2) is 6.95. The third-order valence-electron chi connectivity index (χ3n) is 1.89. The molecule has 6 nitrogen and oxygen atoms in total. The van der Waals surface area contributed by atoms with Crippen molar-refractivity contribution < 1.29 is 23.9 Å². The quantitative estimate of drug-likeness (QED) is 0.486. The monoisotopic (exact) mass is 251 g/mol. The Morgan fingerprint density at radius 1 is 1.28 bits per heavy atom. The van der Waals surface area contributed by atoms with Gasteiger partial charge in [-0.05, 0) is 5.56 Å². The van der Waals surface area contributed by atoms with Gasteiger partial charge in [-0.3, -0.25) is 0 Å². The van der Waals surface area contributed by atoms with E-state index in [-0.39, 0.29) is 12.3 Å². The first-order valence-electron chi connectivity index (χ1n) is 5.04. The maximum atomic E-state index is 11.1. The molecule has 0 bridgehead atoms. The maximum absolute atomic E-state index is 11.1. The smallest absolute Gasteiger partial charge is 0.464 e. The number of ether oxygens (including phenoxy) is 2.